The van der Waals surface area contributed by atoms with Gasteiger partial charge in [-0.15, -0.1) is 3.97 Å². The van der Waals surface area contributed by atoms with Gasteiger partial charge in [-0.2, -0.15) is 0 Å². The van der Waals surface area contributed by atoms with Crippen LogP contribution in [0.1, 0.15) is 5.56 Å². The normalized spacial score (nSPS) is 9.50. The number of nitrogens with zero attached hydrogens (tertiary/aromatic N) is 2. The van der Waals surface area contributed by atoms with Gasteiger partial charge in [-0.1, -0.05) is 35.9 Å². The molecule has 0 unspecified atom stereocenters. The largest absolute Gasteiger partial charge is 0.265 e. The summed E-state index contributed by atoms with van der Waals surface area (Å²) in [5.41, 5.74) is 3.67. The predicted molar refractivity (Wildman–Crippen MR) is 85.4 cm³/mol. The van der Waals surface area contributed by atoms with Gasteiger partial charge in [0, 0.05) is 24.5 Å². The number of hydrogen-bond acceptors (Lipinski definition) is 2. The van der Waals surface area contributed by atoms with Crippen molar-refractivity contribution in [1.82, 2.24) is 4.98 Å². The minimum atomic E-state index is 1.17. The second-order valence-electron chi connectivity index (χ2n) is 4.36. The van der Waals surface area contributed by atoms with Gasteiger partial charge in [0.2, 0.25) is 0 Å². The highest BCUT2D eigenvalue weighted by Crippen LogP contribution is 2.15. The summed E-state index contributed by atoms with van der Waals surface area (Å²) >= 11 is 4.15. The van der Waals surface area contributed by atoms with Crippen LogP contribution in [0.5, 0.6) is 0 Å². The number of hydrogen-bond donors (Lipinski definition) is 1. The summed E-state index contributed by atoms with van der Waals surface area (Å²) in [4.78, 5) is 3.97. The molecule has 0 spiro atoms. The van der Waals surface area contributed by atoms with E-state index in [9.17, 15) is 0 Å². The molecule has 3 heteroatoms. The molecule has 0 saturated heterocycles. The zero-order valence-corrected chi connectivity index (χ0v) is 12.2. The van der Waals surface area contributed by atoms with E-state index in [4.69, 9.17) is 0 Å². The molecule has 100 valence electrons. The minimum absolute atomic E-state index is 1.17. The molecule has 20 heavy (non-hydrogen) atoms. The zero-order valence-electron chi connectivity index (χ0n) is 11.3. The Bertz CT molecular complexity index is 622. The molecular formula is C17H17N2S+. The topological polar surface area (TPSA) is 16.8 Å². The maximum atomic E-state index is 4.15. The fourth-order valence-electron chi connectivity index (χ4n) is 1.69. The van der Waals surface area contributed by atoms with Crippen molar-refractivity contribution in [3.63, 3.8) is 0 Å². The molecule has 0 atom stereocenters. The summed E-state index contributed by atoms with van der Waals surface area (Å²) in [7, 11) is 0. The first-order chi connectivity index (χ1) is 9.75. The highest BCUT2D eigenvalue weighted by molar-refractivity contribution is 7.73. The first-order valence-corrected chi connectivity index (χ1v) is 6.78. The van der Waals surface area contributed by atoms with Crippen molar-refractivity contribution in [2.45, 2.75) is 6.92 Å². The second-order valence-corrected chi connectivity index (χ2v) is 4.82. The molecular weight excluding hydrogens is 264 g/mol. The van der Waals surface area contributed by atoms with E-state index in [1.165, 1.54) is 16.7 Å². The maximum absolute atomic E-state index is 4.15. The summed E-state index contributed by atoms with van der Waals surface area (Å²) in [6, 6.07) is 18.3. The van der Waals surface area contributed by atoms with Crippen molar-refractivity contribution in [2.75, 3.05) is 0 Å². The lowest BCUT2D eigenvalue weighted by Gasteiger charge is -1.97. The van der Waals surface area contributed by atoms with Gasteiger partial charge in [0.15, 0.2) is 12.4 Å². The summed E-state index contributed by atoms with van der Waals surface area (Å²) < 4.78 is 1.71. The first-order valence-electron chi connectivity index (χ1n) is 6.38. The van der Waals surface area contributed by atoms with Crippen molar-refractivity contribution in [2.24, 2.45) is 0 Å². The van der Waals surface area contributed by atoms with Crippen LogP contribution < -0.4 is 3.97 Å². The molecule has 0 aliphatic heterocycles. The standard InChI is InChI=1S/C10H9N2S.C7H8/c13-12-7-3-10(4-8-12)9-1-5-11-6-2-9;1-7-5-3-2-4-6-7/h1-8,13H;2-6H,1H3/q+1;. The smallest absolute Gasteiger partial charge is 0.183 e. The summed E-state index contributed by atoms with van der Waals surface area (Å²) in [6.45, 7) is 2.08. The van der Waals surface area contributed by atoms with Crippen LogP contribution in [0.4, 0.5) is 0 Å². The molecule has 3 aromatic rings. The Kier molecular flexibility index (Phi) is 5.33. The van der Waals surface area contributed by atoms with E-state index in [-0.39, 0.29) is 0 Å². The molecule has 3 rings (SSSR count). The van der Waals surface area contributed by atoms with Crippen LogP contribution in [0, 0.1) is 6.92 Å². The van der Waals surface area contributed by atoms with Crippen LogP contribution in [0.3, 0.4) is 0 Å². The van der Waals surface area contributed by atoms with E-state index < -0.39 is 0 Å². The Morgan fingerprint density at radius 3 is 1.85 bits per heavy atom. The Balaban J connectivity index is 0.000000178. The maximum Gasteiger partial charge on any atom is 0.183 e. The van der Waals surface area contributed by atoms with Gasteiger partial charge in [-0.25, -0.2) is 0 Å². The third-order valence-corrected chi connectivity index (χ3v) is 3.03. The van der Waals surface area contributed by atoms with Gasteiger partial charge < -0.3 is 0 Å². The van der Waals surface area contributed by atoms with Crippen molar-refractivity contribution in [3.8, 4) is 11.1 Å². The zero-order chi connectivity index (χ0) is 14.2. The highest BCUT2D eigenvalue weighted by Gasteiger charge is 1.98. The molecule has 0 saturated carbocycles. The van der Waals surface area contributed by atoms with E-state index in [2.05, 4.69) is 36.9 Å². The third kappa shape index (κ3) is 4.52. The molecule has 2 nitrogen and oxygen atoms in total. The summed E-state index contributed by atoms with van der Waals surface area (Å²) in [5.74, 6) is 0. The van der Waals surface area contributed by atoms with E-state index >= 15 is 0 Å². The molecule has 0 aliphatic rings. The lowest BCUT2D eigenvalue weighted by molar-refractivity contribution is -0.489. The third-order valence-electron chi connectivity index (χ3n) is 2.77. The SMILES string of the molecule is Cc1ccccc1.S[n+]1ccc(-c2ccncc2)cc1. The van der Waals surface area contributed by atoms with Crippen molar-refractivity contribution in [3.05, 3.63) is 84.9 Å². The molecule has 0 aliphatic carbocycles. The lowest BCUT2D eigenvalue weighted by Crippen LogP contribution is -2.17. The van der Waals surface area contributed by atoms with E-state index in [1.54, 1.807) is 16.4 Å². The second kappa shape index (κ2) is 7.46. The molecule has 2 heterocycles. The van der Waals surface area contributed by atoms with E-state index in [0.717, 1.165) is 0 Å². The summed E-state index contributed by atoms with van der Waals surface area (Å²) in [6.07, 6.45) is 7.38. The molecule has 0 bridgehead atoms. The molecule has 0 N–H and O–H groups in total. The van der Waals surface area contributed by atoms with Crippen LogP contribution in [-0.4, -0.2) is 4.98 Å². The Hall–Kier alpha value is -2.13. The van der Waals surface area contributed by atoms with Gasteiger partial charge >= 0.3 is 0 Å². The van der Waals surface area contributed by atoms with Gasteiger partial charge in [-0.05, 0) is 30.2 Å². The van der Waals surface area contributed by atoms with Crippen LogP contribution in [0.15, 0.2) is 79.4 Å². The highest BCUT2D eigenvalue weighted by atomic mass is 32.1. The molecule has 1 aromatic carbocycles. The number of rotatable bonds is 1. The van der Waals surface area contributed by atoms with Gasteiger partial charge in [0.05, 0.1) is 0 Å². The Morgan fingerprint density at radius 1 is 0.800 bits per heavy atom. The van der Waals surface area contributed by atoms with E-state index in [0.29, 0.717) is 0 Å². The van der Waals surface area contributed by atoms with Crippen molar-refractivity contribution in [1.29, 1.82) is 0 Å². The fraction of sp³-hybridized carbons (Fsp3) is 0.0588. The Morgan fingerprint density at radius 2 is 1.35 bits per heavy atom. The van der Waals surface area contributed by atoms with Gasteiger partial charge in [0.25, 0.3) is 0 Å². The first kappa shape index (κ1) is 14.3. The fourth-order valence-corrected chi connectivity index (χ4v) is 1.82. The molecule has 0 amide bonds. The number of aryl methyl sites for hydroxylation is 1. The van der Waals surface area contributed by atoms with Crippen LogP contribution in [0.2, 0.25) is 0 Å². The number of benzene rings is 1. The summed E-state index contributed by atoms with van der Waals surface area (Å²) in [5, 5.41) is 0. The lowest BCUT2D eigenvalue weighted by atomic mass is 10.1. The number of thiol groups is 1. The molecule has 0 fully saturated rings. The van der Waals surface area contributed by atoms with Gasteiger partial charge in [0.1, 0.15) is 12.8 Å². The number of aromatic nitrogens is 2. The van der Waals surface area contributed by atoms with Crippen LogP contribution in [-0.2, 0) is 0 Å². The Labute approximate surface area is 125 Å². The average molecular weight is 281 g/mol. The quantitative estimate of drug-likeness (QED) is 0.531. The van der Waals surface area contributed by atoms with Crippen LogP contribution in [0.25, 0.3) is 11.1 Å². The van der Waals surface area contributed by atoms with Crippen molar-refractivity contribution >= 4 is 12.8 Å². The van der Waals surface area contributed by atoms with E-state index in [1.807, 2.05) is 54.9 Å². The monoisotopic (exact) mass is 281 g/mol. The van der Waals surface area contributed by atoms with Crippen LogP contribution >= 0.6 is 12.8 Å². The predicted octanol–water partition coefficient (Wildman–Crippen LogP) is 3.72. The number of pyridine rings is 2. The average Bonchev–Trinajstić information content (AvgIpc) is 2.50. The minimum Gasteiger partial charge on any atom is -0.265 e. The molecule has 0 radical (unpaired) electrons. The molecule has 2 aromatic heterocycles. The van der Waals surface area contributed by atoms with Crippen molar-refractivity contribution < 1.29 is 3.97 Å². The van der Waals surface area contributed by atoms with Gasteiger partial charge in [-0.3, -0.25) is 4.98 Å².